The maximum atomic E-state index is 12.0. The molecule has 0 spiro atoms. The first-order valence-electron chi connectivity index (χ1n) is 8.25. The highest BCUT2D eigenvalue weighted by Gasteiger charge is 2.31. The van der Waals surface area contributed by atoms with Gasteiger partial charge in [0, 0.05) is 50.3 Å². The van der Waals surface area contributed by atoms with Crippen molar-refractivity contribution in [2.45, 2.75) is 19.0 Å². The van der Waals surface area contributed by atoms with Crippen LogP contribution in [-0.4, -0.2) is 63.0 Å². The molecule has 0 aromatic carbocycles. The fourth-order valence-electron chi connectivity index (χ4n) is 3.19. The van der Waals surface area contributed by atoms with E-state index in [0.29, 0.717) is 25.0 Å². The van der Waals surface area contributed by atoms with Crippen LogP contribution in [0.5, 0.6) is 0 Å². The second-order valence-corrected chi connectivity index (χ2v) is 6.03. The minimum atomic E-state index is -0.150. The molecule has 2 fully saturated rings. The van der Waals surface area contributed by atoms with Crippen molar-refractivity contribution in [2.24, 2.45) is 5.92 Å². The Balaban J connectivity index is 1.47. The van der Waals surface area contributed by atoms with Gasteiger partial charge in [0.2, 0.25) is 0 Å². The Kier molecular flexibility index (Phi) is 5.90. The molecule has 2 amide bonds. The van der Waals surface area contributed by atoms with Crippen molar-refractivity contribution >= 4 is 6.03 Å². The van der Waals surface area contributed by atoms with E-state index in [9.17, 15) is 4.79 Å². The molecule has 0 saturated carbocycles. The molecule has 3 rings (SSSR count). The third-order valence-electron chi connectivity index (χ3n) is 4.53. The van der Waals surface area contributed by atoms with Gasteiger partial charge >= 0.3 is 6.03 Å². The summed E-state index contributed by atoms with van der Waals surface area (Å²) in [5.41, 5.74) is 0.953. The molecule has 2 saturated heterocycles. The van der Waals surface area contributed by atoms with Crippen molar-refractivity contribution in [1.29, 1.82) is 0 Å². The molecule has 0 radical (unpaired) electrons. The third-order valence-corrected chi connectivity index (χ3v) is 4.53. The summed E-state index contributed by atoms with van der Waals surface area (Å²) < 4.78 is 16.0. The monoisotopic (exact) mass is 323 g/mol. The second-order valence-electron chi connectivity index (χ2n) is 6.03. The first kappa shape index (κ1) is 16.3. The zero-order chi connectivity index (χ0) is 15.9. The quantitative estimate of drug-likeness (QED) is 0.810. The molecule has 0 aliphatic carbocycles. The normalized spacial score (nSPS) is 23.6. The first-order chi connectivity index (χ1) is 11.3. The molecule has 128 valence electrons. The second kappa shape index (κ2) is 8.33. The van der Waals surface area contributed by atoms with E-state index in [-0.39, 0.29) is 6.03 Å². The van der Waals surface area contributed by atoms with E-state index in [1.165, 1.54) is 0 Å². The summed E-state index contributed by atoms with van der Waals surface area (Å²) in [5, 5.41) is 5.85. The highest BCUT2D eigenvalue weighted by atomic mass is 16.5. The van der Waals surface area contributed by atoms with Crippen molar-refractivity contribution in [3.05, 3.63) is 24.2 Å². The lowest BCUT2D eigenvalue weighted by atomic mass is 9.97. The van der Waals surface area contributed by atoms with Crippen LogP contribution < -0.4 is 10.6 Å². The van der Waals surface area contributed by atoms with Crippen LogP contribution in [0, 0.1) is 5.92 Å². The molecule has 0 unspecified atom stereocenters. The molecular formula is C16H25N3O4. The Labute approximate surface area is 136 Å². The number of carbonyl (C=O) groups is 1. The number of carbonyl (C=O) groups excluding carboxylic acids is 1. The van der Waals surface area contributed by atoms with Gasteiger partial charge in [-0.1, -0.05) is 0 Å². The van der Waals surface area contributed by atoms with Gasteiger partial charge in [-0.2, -0.15) is 0 Å². The van der Waals surface area contributed by atoms with Gasteiger partial charge in [0.05, 0.1) is 32.3 Å². The molecule has 3 heterocycles. The zero-order valence-corrected chi connectivity index (χ0v) is 13.3. The van der Waals surface area contributed by atoms with E-state index in [4.69, 9.17) is 13.9 Å². The Morgan fingerprint density at radius 1 is 1.26 bits per heavy atom. The smallest absolute Gasteiger partial charge is 0.315 e. The molecule has 2 aliphatic heterocycles. The fourth-order valence-corrected chi connectivity index (χ4v) is 3.19. The van der Waals surface area contributed by atoms with Gasteiger partial charge in [-0.3, -0.25) is 4.90 Å². The summed E-state index contributed by atoms with van der Waals surface area (Å²) in [6.45, 7) is 6.05. The minimum absolute atomic E-state index is 0.150. The van der Waals surface area contributed by atoms with Crippen molar-refractivity contribution in [1.82, 2.24) is 15.5 Å². The largest absolute Gasteiger partial charge is 0.472 e. The topological polar surface area (TPSA) is 76.0 Å². The van der Waals surface area contributed by atoms with E-state index < -0.39 is 0 Å². The van der Waals surface area contributed by atoms with Gasteiger partial charge < -0.3 is 24.5 Å². The highest BCUT2D eigenvalue weighted by Crippen LogP contribution is 2.21. The maximum absolute atomic E-state index is 12.0. The molecule has 23 heavy (non-hydrogen) atoms. The van der Waals surface area contributed by atoms with E-state index in [1.807, 2.05) is 6.07 Å². The van der Waals surface area contributed by atoms with Gasteiger partial charge in [0.1, 0.15) is 0 Å². The molecule has 2 atom stereocenters. The van der Waals surface area contributed by atoms with Gasteiger partial charge in [-0.15, -0.1) is 0 Å². The standard InChI is InChI=1S/C16H25N3O4/c20-16(17-9-13-1-5-22-11-13)18-10-15(14-2-6-23-12-14)19-3-7-21-8-4-19/h1,5,11,14-15H,2-4,6-10,12H2,(H2,17,18,20)/t14-,15+/m0/s1. The molecule has 2 aliphatic rings. The van der Waals surface area contributed by atoms with Crippen LogP contribution in [0.2, 0.25) is 0 Å². The van der Waals surface area contributed by atoms with Gasteiger partial charge in [-0.05, 0) is 12.5 Å². The predicted octanol–water partition coefficient (Wildman–Crippen LogP) is 0.816. The van der Waals surface area contributed by atoms with Crippen molar-refractivity contribution in [3.8, 4) is 0 Å². The molecule has 1 aromatic heterocycles. The number of ether oxygens (including phenoxy) is 2. The highest BCUT2D eigenvalue weighted by molar-refractivity contribution is 5.73. The number of hydrogen-bond acceptors (Lipinski definition) is 5. The zero-order valence-electron chi connectivity index (χ0n) is 13.3. The van der Waals surface area contributed by atoms with Crippen LogP contribution in [0.1, 0.15) is 12.0 Å². The average Bonchev–Trinajstić information content (AvgIpc) is 3.28. The van der Waals surface area contributed by atoms with Crippen molar-refractivity contribution in [3.63, 3.8) is 0 Å². The minimum Gasteiger partial charge on any atom is -0.472 e. The SMILES string of the molecule is O=C(NCc1ccoc1)NC[C@H]([C@H]1CCOC1)N1CCOCC1. The number of hydrogen-bond donors (Lipinski definition) is 2. The predicted molar refractivity (Wildman–Crippen MR) is 84.1 cm³/mol. The molecule has 0 bridgehead atoms. The number of amides is 2. The molecule has 1 aromatic rings. The van der Waals surface area contributed by atoms with Crippen LogP contribution in [0.25, 0.3) is 0 Å². The van der Waals surface area contributed by atoms with Crippen LogP contribution in [0.3, 0.4) is 0 Å². The lowest BCUT2D eigenvalue weighted by molar-refractivity contribution is 0.00212. The van der Waals surface area contributed by atoms with Crippen LogP contribution in [0.15, 0.2) is 23.0 Å². The summed E-state index contributed by atoms with van der Waals surface area (Å²) in [6, 6.07) is 2.00. The average molecular weight is 323 g/mol. The van der Waals surface area contributed by atoms with Crippen molar-refractivity contribution in [2.75, 3.05) is 46.1 Å². The third kappa shape index (κ3) is 4.70. The van der Waals surface area contributed by atoms with Crippen LogP contribution in [0.4, 0.5) is 4.79 Å². The number of morpholine rings is 1. The van der Waals surface area contributed by atoms with Gasteiger partial charge in [-0.25, -0.2) is 4.79 Å². The molecule has 2 N–H and O–H groups in total. The lowest BCUT2D eigenvalue weighted by Crippen LogP contribution is -2.53. The van der Waals surface area contributed by atoms with E-state index in [2.05, 4.69) is 15.5 Å². The van der Waals surface area contributed by atoms with Gasteiger partial charge in [0.15, 0.2) is 0 Å². The Hall–Kier alpha value is -1.57. The molecule has 7 heteroatoms. The van der Waals surface area contributed by atoms with E-state index in [1.54, 1.807) is 12.5 Å². The van der Waals surface area contributed by atoms with Crippen LogP contribution >= 0.6 is 0 Å². The summed E-state index contributed by atoms with van der Waals surface area (Å²) >= 11 is 0. The van der Waals surface area contributed by atoms with E-state index >= 15 is 0 Å². The number of urea groups is 1. The van der Waals surface area contributed by atoms with E-state index in [0.717, 1.165) is 51.5 Å². The summed E-state index contributed by atoms with van der Waals surface area (Å²) in [7, 11) is 0. The lowest BCUT2D eigenvalue weighted by Gasteiger charge is -2.37. The molecular weight excluding hydrogens is 298 g/mol. The van der Waals surface area contributed by atoms with Crippen molar-refractivity contribution < 1.29 is 18.7 Å². The number of furan rings is 1. The molecule has 7 nitrogen and oxygen atoms in total. The maximum Gasteiger partial charge on any atom is 0.315 e. The number of nitrogens with one attached hydrogen (secondary N) is 2. The van der Waals surface area contributed by atoms with Crippen LogP contribution in [-0.2, 0) is 16.0 Å². The number of nitrogens with zero attached hydrogens (tertiary/aromatic N) is 1. The summed E-state index contributed by atoms with van der Waals surface area (Å²) in [4.78, 5) is 14.4. The Morgan fingerprint density at radius 2 is 2.13 bits per heavy atom. The summed E-state index contributed by atoms with van der Waals surface area (Å²) in [5.74, 6) is 0.474. The van der Waals surface area contributed by atoms with Gasteiger partial charge in [0.25, 0.3) is 0 Å². The Morgan fingerprint density at radius 3 is 2.83 bits per heavy atom. The summed E-state index contributed by atoms with van der Waals surface area (Å²) in [6.07, 6.45) is 4.29. The number of rotatable bonds is 6. The Bertz CT molecular complexity index is 468. The fraction of sp³-hybridized carbons (Fsp3) is 0.688. The first-order valence-corrected chi connectivity index (χ1v) is 8.25.